The normalized spacial score (nSPS) is 11.2. The molecule has 0 aliphatic carbocycles. The monoisotopic (exact) mass is 430 g/mol. The number of benzene rings is 1. The topological polar surface area (TPSA) is 110 Å². The fraction of sp³-hybridized carbons (Fsp3) is 0.0435. The van der Waals surface area contributed by atoms with Crippen molar-refractivity contribution in [1.82, 2.24) is 14.7 Å². The number of nitrogens with one attached hydrogen (secondary N) is 1. The molecule has 1 aromatic carbocycles. The van der Waals surface area contributed by atoms with Gasteiger partial charge in [0, 0.05) is 6.20 Å². The van der Waals surface area contributed by atoms with Crippen molar-refractivity contribution in [3.05, 3.63) is 100 Å². The summed E-state index contributed by atoms with van der Waals surface area (Å²) in [6.07, 6.45) is 4.08. The Hall–Kier alpha value is -4.71. The van der Waals surface area contributed by atoms with Crippen LogP contribution in [0.3, 0.4) is 0 Å². The molecule has 0 spiro atoms. The molecule has 3 aromatic heterocycles. The van der Waals surface area contributed by atoms with E-state index in [4.69, 9.17) is 9.15 Å². The second-order valence-electron chi connectivity index (χ2n) is 6.55. The molecule has 0 atom stereocenters. The van der Waals surface area contributed by atoms with Crippen LogP contribution in [-0.2, 0) is 11.3 Å². The smallest absolute Gasteiger partial charge is 0.269 e. The van der Waals surface area contributed by atoms with Crippen molar-refractivity contribution in [2.75, 3.05) is 0 Å². The first-order valence-electron chi connectivity index (χ1n) is 9.42. The second-order valence-corrected chi connectivity index (χ2v) is 6.55. The Balaban J connectivity index is 1.75. The van der Waals surface area contributed by atoms with Gasteiger partial charge in [0.2, 0.25) is 5.88 Å². The quantitative estimate of drug-likeness (QED) is 0.371. The first-order valence-corrected chi connectivity index (χ1v) is 9.42. The van der Waals surface area contributed by atoms with E-state index in [1.165, 1.54) is 41.1 Å². The molecule has 0 saturated carbocycles. The number of hydrogen-bond acceptors (Lipinski definition) is 6. The van der Waals surface area contributed by atoms with Crippen LogP contribution in [-0.4, -0.2) is 15.3 Å². The molecule has 4 aromatic rings. The number of ether oxygens (including phenoxy) is 1. The van der Waals surface area contributed by atoms with E-state index in [2.05, 4.69) is 10.3 Å². The number of nitriles is 1. The van der Waals surface area contributed by atoms with Crippen molar-refractivity contribution in [3.8, 4) is 17.7 Å². The Morgan fingerprint density at radius 2 is 2.03 bits per heavy atom. The zero-order chi connectivity index (χ0) is 22.5. The zero-order valence-corrected chi connectivity index (χ0v) is 16.5. The fourth-order valence-corrected chi connectivity index (χ4v) is 2.87. The van der Waals surface area contributed by atoms with Crippen molar-refractivity contribution in [1.29, 1.82) is 5.26 Å². The van der Waals surface area contributed by atoms with Gasteiger partial charge < -0.3 is 14.5 Å². The standard InChI is InChI=1S/C23H15FN4O4/c24-16-6-8-17(9-7-16)32-22-19(23(30)28-10-2-1-5-20(28)27-22)12-15(13-25)21(29)26-14-18-4-3-11-31-18/h1-12H,14H2,(H,26,29). The highest BCUT2D eigenvalue weighted by atomic mass is 19.1. The minimum Gasteiger partial charge on any atom is -0.467 e. The van der Waals surface area contributed by atoms with Gasteiger partial charge in [-0.25, -0.2) is 4.39 Å². The van der Waals surface area contributed by atoms with Gasteiger partial charge in [-0.1, -0.05) is 6.07 Å². The zero-order valence-electron chi connectivity index (χ0n) is 16.5. The van der Waals surface area contributed by atoms with Crippen LogP contribution in [0.4, 0.5) is 4.39 Å². The molecule has 0 saturated heterocycles. The average Bonchev–Trinajstić information content (AvgIpc) is 3.33. The number of pyridine rings is 1. The molecule has 4 rings (SSSR count). The molecular weight excluding hydrogens is 415 g/mol. The van der Waals surface area contributed by atoms with E-state index in [1.807, 2.05) is 0 Å². The van der Waals surface area contributed by atoms with E-state index >= 15 is 0 Å². The molecule has 1 N–H and O–H groups in total. The van der Waals surface area contributed by atoms with Gasteiger partial charge in [0.05, 0.1) is 12.8 Å². The van der Waals surface area contributed by atoms with Gasteiger partial charge in [-0.15, -0.1) is 0 Å². The maximum absolute atomic E-state index is 13.2. The lowest BCUT2D eigenvalue weighted by molar-refractivity contribution is -0.117. The third-order valence-electron chi connectivity index (χ3n) is 4.42. The van der Waals surface area contributed by atoms with Gasteiger partial charge in [-0.2, -0.15) is 10.2 Å². The molecule has 0 bridgehead atoms. The predicted octanol–water partition coefficient (Wildman–Crippen LogP) is 3.44. The second kappa shape index (κ2) is 8.97. The van der Waals surface area contributed by atoms with Crippen LogP contribution < -0.4 is 15.6 Å². The predicted molar refractivity (Wildman–Crippen MR) is 112 cm³/mol. The lowest BCUT2D eigenvalue weighted by Crippen LogP contribution is -2.24. The maximum Gasteiger partial charge on any atom is 0.269 e. The Kier molecular flexibility index (Phi) is 5.76. The Morgan fingerprint density at radius 3 is 2.75 bits per heavy atom. The van der Waals surface area contributed by atoms with Crippen molar-refractivity contribution in [3.63, 3.8) is 0 Å². The van der Waals surface area contributed by atoms with Crippen molar-refractivity contribution in [2.24, 2.45) is 0 Å². The van der Waals surface area contributed by atoms with Crippen LogP contribution in [0.2, 0.25) is 0 Å². The van der Waals surface area contributed by atoms with Gasteiger partial charge in [0.25, 0.3) is 11.5 Å². The van der Waals surface area contributed by atoms with E-state index < -0.39 is 17.3 Å². The summed E-state index contributed by atoms with van der Waals surface area (Å²) in [4.78, 5) is 29.9. The van der Waals surface area contributed by atoms with Gasteiger partial charge in [0.1, 0.15) is 40.2 Å². The number of aromatic nitrogens is 2. The Bertz CT molecular complexity index is 1400. The highest BCUT2D eigenvalue weighted by Crippen LogP contribution is 2.24. The van der Waals surface area contributed by atoms with Crippen LogP contribution in [0.15, 0.2) is 81.8 Å². The number of rotatable bonds is 6. The lowest BCUT2D eigenvalue weighted by Gasteiger charge is -2.10. The van der Waals surface area contributed by atoms with Gasteiger partial charge in [-0.3, -0.25) is 14.0 Å². The summed E-state index contributed by atoms with van der Waals surface area (Å²) in [6, 6.07) is 15.2. The van der Waals surface area contributed by atoms with E-state index in [1.54, 1.807) is 36.4 Å². The van der Waals surface area contributed by atoms with E-state index in [-0.39, 0.29) is 29.3 Å². The minimum atomic E-state index is -0.700. The minimum absolute atomic E-state index is 0.0682. The number of furan rings is 1. The number of amides is 1. The SMILES string of the molecule is N#CC(=Cc1c(Oc2ccc(F)cc2)nc2ccccn2c1=O)C(=O)NCc1ccco1. The number of hydrogen-bond donors (Lipinski definition) is 1. The van der Waals surface area contributed by atoms with Crippen LogP contribution in [0.25, 0.3) is 11.7 Å². The van der Waals surface area contributed by atoms with E-state index in [0.29, 0.717) is 11.4 Å². The molecule has 0 fully saturated rings. The van der Waals surface area contributed by atoms with E-state index in [0.717, 1.165) is 6.08 Å². The molecule has 0 aliphatic rings. The molecule has 0 unspecified atom stereocenters. The number of nitrogens with zero attached hydrogens (tertiary/aromatic N) is 3. The summed E-state index contributed by atoms with van der Waals surface area (Å²) in [6.45, 7) is 0.0682. The van der Waals surface area contributed by atoms with Crippen LogP contribution in [0.1, 0.15) is 11.3 Å². The summed E-state index contributed by atoms with van der Waals surface area (Å²) in [5, 5.41) is 12.1. The summed E-state index contributed by atoms with van der Waals surface area (Å²) in [5.74, 6) is -0.546. The summed E-state index contributed by atoms with van der Waals surface area (Å²) in [7, 11) is 0. The van der Waals surface area contributed by atoms with Crippen LogP contribution >= 0.6 is 0 Å². The highest BCUT2D eigenvalue weighted by molar-refractivity contribution is 6.01. The Morgan fingerprint density at radius 1 is 1.22 bits per heavy atom. The van der Waals surface area contributed by atoms with Gasteiger partial charge >= 0.3 is 0 Å². The third kappa shape index (κ3) is 4.39. The number of carbonyl (C=O) groups excluding carboxylic acids is 1. The maximum atomic E-state index is 13.2. The largest absolute Gasteiger partial charge is 0.467 e. The molecule has 1 amide bonds. The summed E-state index contributed by atoms with van der Waals surface area (Å²) < 4.78 is 25.4. The molecule has 0 radical (unpaired) electrons. The van der Waals surface area contributed by atoms with E-state index in [9.17, 15) is 19.2 Å². The number of carbonyl (C=O) groups is 1. The molecule has 9 heteroatoms. The highest BCUT2D eigenvalue weighted by Gasteiger charge is 2.17. The fourth-order valence-electron chi connectivity index (χ4n) is 2.87. The molecule has 0 aliphatic heterocycles. The summed E-state index contributed by atoms with van der Waals surface area (Å²) >= 11 is 0. The molecule has 3 heterocycles. The third-order valence-corrected chi connectivity index (χ3v) is 4.42. The molecule has 158 valence electrons. The molecule has 8 nitrogen and oxygen atoms in total. The van der Waals surface area contributed by atoms with Crippen LogP contribution in [0.5, 0.6) is 11.6 Å². The number of fused-ring (bicyclic) bond motifs is 1. The molecule has 32 heavy (non-hydrogen) atoms. The first kappa shape index (κ1) is 20.6. The van der Waals surface area contributed by atoms with Crippen molar-refractivity contribution >= 4 is 17.6 Å². The molecular formula is C23H15FN4O4. The first-order chi connectivity index (χ1) is 15.5. The number of halogens is 1. The van der Waals surface area contributed by atoms with Crippen LogP contribution in [0, 0.1) is 17.1 Å². The van der Waals surface area contributed by atoms with Gasteiger partial charge in [-0.05, 0) is 54.6 Å². The summed E-state index contributed by atoms with van der Waals surface area (Å²) in [5.41, 5.74) is -0.676. The lowest BCUT2D eigenvalue weighted by atomic mass is 10.1. The Labute approximate surface area is 180 Å². The average molecular weight is 430 g/mol. The van der Waals surface area contributed by atoms with Gasteiger partial charge in [0.15, 0.2) is 0 Å². The van der Waals surface area contributed by atoms with Crippen molar-refractivity contribution in [2.45, 2.75) is 6.54 Å². The van der Waals surface area contributed by atoms with Crippen molar-refractivity contribution < 1.29 is 18.3 Å².